The SMILES string of the molecule is COc1cccc(N(C)c2nc3c(s2)C(=O)CCC3)c1. The van der Waals surface area contributed by atoms with Crippen LogP contribution in [-0.2, 0) is 6.42 Å². The molecule has 0 radical (unpaired) electrons. The lowest BCUT2D eigenvalue weighted by Gasteiger charge is -2.16. The van der Waals surface area contributed by atoms with Crippen LogP contribution >= 0.6 is 11.3 Å². The highest BCUT2D eigenvalue weighted by molar-refractivity contribution is 7.17. The fourth-order valence-corrected chi connectivity index (χ4v) is 3.39. The zero-order chi connectivity index (χ0) is 14.1. The lowest BCUT2D eigenvalue weighted by molar-refractivity contribution is 0.0976. The van der Waals surface area contributed by atoms with Gasteiger partial charge in [0, 0.05) is 25.2 Å². The van der Waals surface area contributed by atoms with Crippen LogP contribution in [0, 0.1) is 0 Å². The topological polar surface area (TPSA) is 42.4 Å². The molecule has 1 aliphatic carbocycles. The molecule has 1 aliphatic rings. The first-order valence-corrected chi connectivity index (χ1v) is 7.41. The van der Waals surface area contributed by atoms with Gasteiger partial charge in [-0.25, -0.2) is 4.98 Å². The second-order valence-electron chi connectivity index (χ2n) is 4.81. The van der Waals surface area contributed by atoms with Gasteiger partial charge in [-0.05, 0) is 25.0 Å². The Morgan fingerprint density at radius 2 is 2.20 bits per heavy atom. The van der Waals surface area contributed by atoms with E-state index >= 15 is 0 Å². The van der Waals surface area contributed by atoms with E-state index in [1.165, 1.54) is 11.3 Å². The van der Waals surface area contributed by atoms with E-state index in [4.69, 9.17) is 4.74 Å². The van der Waals surface area contributed by atoms with Crippen LogP contribution in [-0.4, -0.2) is 24.9 Å². The van der Waals surface area contributed by atoms with Gasteiger partial charge >= 0.3 is 0 Å². The Balaban J connectivity index is 1.94. The first-order valence-electron chi connectivity index (χ1n) is 6.59. The van der Waals surface area contributed by atoms with E-state index in [0.29, 0.717) is 6.42 Å². The first kappa shape index (κ1) is 13.1. The summed E-state index contributed by atoms with van der Waals surface area (Å²) in [6.07, 6.45) is 2.47. The van der Waals surface area contributed by atoms with Gasteiger partial charge in [0.1, 0.15) is 5.75 Å². The summed E-state index contributed by atoms with van der Waals surface area (Å²) < 4.78 is 5.24. The standard InChI is InChI=1S/C15H16N2O2S/c1-17(10-5-3-6-11(9-10)19-2)15-16-12-7-4-8-13(18)14(12)20-15/h3,5-6,9H,4,7-8H2,1-2H3. The number of fused-ring (bicyclic) bond motifs is 1. The molecule has 0 saturated carbocycles. The third-order valence-corrected chi connectivity index (χ3v) is 4.70. The Morgan fingerprint density at radius 3 is 2.95 bits per heavy atom. The second kappa shape index (κ2) is 5.25. The molecular formula is C15H16N2O2S. The van der Waals surface area contributed by atoms with Crippen LogP contribution in [0.3, 0.4) is 0 Å². The summed E-state index contributed by atoms with van der Waals surface area (Å²) in [6, 6.07) is 7.82. The summed E-state index contributed by atoms with van der Waals surface area (Å²) in [7, 11) is 3.61. The van der Waals surface area contributed by atoms with Crippen molar-refractivity contribution in [1.29, 1.82) is 0 Å². The molecule has 20 heavy (non-hydrogen) atoms. The number of anilines is 2. The number of hydrogen-bond donors (Lipinski definition) is 0. The number of aromatic nitrogens is 1. The molecule has 0 saturated heterocycles. The third kappa shape index (κ3) is 2.29. The van der Waals surface area contributed by atoms with E-state index in [1.54, 1.807) is 7.11 Å². The van der Waals surface area contributed by atoms with Gasteiger partial charge in [-0.3, -0.25) is 4.79 Å². The van der Waals surface area contributed by atoms with Gasteiger partial charge in [-0.1, -0.05) is 17.4 Å². The second-order valence-corrected chi connectivity index (χ2v) is 5.79. The van der Waals surface area contributed by atoms with E-state index in [2.05, 4.69) is 4.98 Å². The minimum Gasteiger partial charge on any atom is -0.497 e. The molecule has 0 N–H and O–H groups in total. The maximum Gasteiger partial charge on any atom is 0.190 e. The zero-order valence-electron chi connectivity index (χ0n) is 11.5. The number of ketones is 1. The monoisotopic (exact) mass is 288 g/mol. The normalized spacial score (nSPS) is 14.0. The summed E-state index contributed by atoms with van der Waals surface area (Å²) >= 11 is 1.48. The molecule has 104 valence electrons. The Bertz CT molecular complexity index is 651. The Kier molecular flexibility index (Phi) is 3.44. The summed E-state index contributed by atoms with van der Waals surface area (Å²) in [5.41, 5.74) is 1.96. The van der Waals surface area contributed by atoms with Crippen LogP contribution in [0.2, 0.25) is 0 Å². The average Bonchev–Trinajstić information content (AvgIpc) is 2.92. The van der Waals surface area contributed by atoms with Crippen LogP contribution in [0.5, 0.6) is 5.75 Å². The third-order valence-electron chi connectivity index (χ3n) is 3.48. The predicted molar refractivity (Wildman–Crippen MR) is 80.4 cm³/mol. The number of thiazole rings is 1. The van der Waals surface area contributed by atoms with Gasteiger partial charge in [-0.15, -0.1) is 0 Å². The van der Waals surface area contributed by atoms with Gasteiger partial charge in [0.25, 0.3) is 0 Å². The van der Waals surface area contributed by atoms with E-state index < -0.39 is 0 Å². The van der Waals surface area contributed by atoms with Crippen LogP contribution < -0.4 is 9.64 Å². The molecule has 0 spiro atoms. The number of hydrogen-bond acceptors (Lipinski definition) is 5. The predicted octanol–water partition coefficient (Wildman–Crippen LogP) is 3.44. The molecule has 1 aromatic heterocycles. The van der Waals surface area contributed by atoms with Crippen molar-refractivity contribution in [3.8, 4) is 5.75 Å². The van der Waals surface area contributed by atoms with Crippen molar-refractivity contribution < 1.29 is 9.53 Å². The molecule has 0 atom stereocenters. The number of nitrogens with zero attached hydrogens (tertiary/aromatic N) is 2. The van der Waals surface area contributed by atoms with Gasteiger partial charge in [0.2, 0.25) is 0 Å². The number of Topliss-reactive ketones (excluding diaryl/α,β-unsaturated/α-hetero) is 1. The molecule has 3 rings (SSSR count). The minimum absolute atomic E-state index is 0.231. The van der Waals surface area contributed by atoms with Crippen LogP contribution in [0.1, 0.15) is 28.2 Å². The fourth-order valence-electron chi connectivity index (χ4n) is 2.33. The van der Waals surface area contributed by atoms with Crippen molar-refractivity contribution in [3.05, 3.63) is 34.8 Å². The maximum absolute atomic E-state index is 11.9. The Hall–Kier alpha value is -1.88. The van der Waals surface area contributed by atoms with Crippen molar-refractivity contribution >= 4 is 27.9 Å². The van der Waals surface area contributed by atoms with Gasteiger partial charge < -0.3 is 9.64 Å². The molecular weight excluding hydrogens is 272 g/mol. The fraction of sp³-hybridized carbons (Fsp3) is 0.333. The van der Waals surface area contributed by atoms with Crippen molar-refractivity contribution in [1.82, 2.24) is 4.98 Å². The summed E-state index contributed by atoms with van der Waals surface area (Å²) in [5.74, 6) is 1.04. The molecule has 0 aliphatic heterocycles. The van der Waals surface area contributed by atoms with Crippen LogP contribution in [0.25, 0.3) is 0 Å². The highest BCUT2D eigenvalue weighted by Crippen LogP contribution is 2.35. The number of rotatable bonds is 3. The van der Waals surface area contributed by atoms with E-state index in [-0.39, 0.29) is 5.78 Å². The molecule has 0 unspecified atom stereocenters. The molecule has 0 amide bonds. The summed E-state index contributed by atoms with van der Waals surface area (Å²) in [6.45, 7) is 0. The van der Waals surface area contributed by atoms with Gasteiger partial charge in [0.15, 0.2) is 10.9 Å². The van der Waals surface area contributed by atoms with E-state index in [0.717, 1.165) is 40.0 Å². The van der Waals surface area contributed by atoms with E-state index in [9.17, 15) is 4.79 Å². The molecule has 0 bridgehead atoms. The number of carbonyl (C=O) groups is 1. The largest absolute Gasteiger partial charge is 0.497 e. The van der Waals surface area contributed by atoms with Gasteiger partial charge in [-0.2, -0.15) is 0 Å². The van der Waals surface area contributed by atoms with Gasteiger partial charge in [0.05, 0.1) is 17.7 Å². The van der Waals surface area contributed by atoms with Crippen molar-refractivity contribution in [2.45, 2.75) is 19.3 Å². The van der Waals surface area contributed by atoms with E-state index in [1.807, 2.05) is 36.2 Å². The smallest absolute Gasteiger partial charge is 0.190 e. The molecule has 1 aromatic carbocycles. The quantitative estimate of drug-likeness (QED) is 0.867. The molecule has 5 heteroatoms. The van der Waals surface area contributed by atoms with Crippen LogP contribution in [0.4, 0.5) is 10.8 Å². The number of ether oxygens (including phenoxy) is 1. The highest BCUT2D eigenvalue weighted by Gasteiger charge is 2.23. The minimum atomic E-state index is 0.231. The number of aryl methyl sites for hydroxylation is 1. The molecule has 4 nitrogen and oxygen atoms in total. The molecule has 1 heterocycles. The molecule has 2 aromatic rings. The summed E-state index contributed by atoms with van der Waals surface area (Å²) in [4.78, 5) is 19.3. The van der Waals surface area contributed by atoms with Crippen molar-refractivity contribution in [2.24, 2.45) is 0 Å². The lowest BCUT2D eigenvalue weighted by Crippen LogP contribution is -2.09. The number of carbonyl (C=O) groups excluding carboxylic acids is 1. The lowest BCUT2D eigenvalue weighted by atomic mass is 10.0. The Labute approximate surface area is 122 Å². The highest BCUT2D eigenvalue weighted by atomic mass is 32.1. The average molecular weight is 288 g/mol. The van der Waals surface area contributed by atoms with Crippen LogP contribution in [0.15, 0.2) is 24.3 Å². The maximum atomic E-state index is 11.9. The summed E-state index contributed by atoms with van der Waals surface area (Å²) in [5, 5.41) is 0.860. The zero-order valence-corrected chi connectivity index (χ0v) is 12.4. The molecule has 0 fully saturated rings. The first-order chi connectivity index (χ1) is 9.69. The Morgan fingerprint density at radius 1 is 1.35 bits per heavy atom. The number of benzene rings is 1. The van der Waals surface area contributed by atoms with Crippen molar-refractivity contribution in [3.63, 3.8) is 0 Å². The van der Waals surface area contributed by atoms with Crippen molar-refractivity contribution in [2.75, 3.05) is 19.1 Å². The number of methoxy groups -OCH3 is 1.